The molecular weight excluding hydrogens is 242 g/mol. The Morgan fingerprint density at radius 1 is 1.35 bits per heavy atom. The number of aromatic nitrogens is 2. The zero-order valence-electron chi connectivity index (χ0n) is 9.31. The van der Waals surface area contributed by atoms with Gasteiger partial charge in [0.25, 0.3) is 5.89 Å². The highest BCUT2D eigenvalue weighted by Crippen LogP contribution is 2.22. The highest BCUT2D eigenvalue weighted by Gasteiger charge is 2.06. The third-order valence-corrected chi connectivity index (χ3v) is 2.41. The Bertz CT molecular complexity index is 513. The number of hydrogen-bond acceptors (Lipinski definition) is 5. The lowest BCUT2D eigenvalue weighted by Gasteiger charge is -2.06. The average Bonchev–Trinajstić information content (AvgIpc) is 2.76. The molecule has 1 aromatic carbocycles. The summed E-state index contributed by atoms with van der Waals surface area (Å²) in [5.74, 6) is 1.54. The van der Waals surface area contributed by atoms with Crippen LogP contribution in [0.15, 0.2) is 22.6 Å². The molecule has 0 saturated heterocycles. The van der Waals surface area contributed by atoms with Crippen molar-refractivity contribution >= 4 is 11.6 Å². The molecule has 0 radical (unpaired) electrons. The van der Waals surface area contributed by atoms with E-state index in [0.29, 0.717) is 16.8 Å². The fraction of sp³-hybridized carbons (Fsp3) is 0.273. The van der Waals surface area contributed by atoms with Crippen molar-refractivity contribution in [3.8, 4) is 5.75 Å². The van der Waals surface area contributed by atoms with Gasteiger partial charge in [0, 0.05) is 5.02 Å². The maximum Gasteiger partial charge on any atom is 0.253 e. The van der Waals surface area contributed by atoms with Gasteiger partial charge in [-0.15, -0.1) is 10.2 Å². The summed E-state index contributed by atoms with van der Waals surface area (Å²) in [6.45, 7) is 2.36. The smallest absolute Gasteiger partial charge is 0.253 e. The van der Waals surface area contributed by atoms with E-state index in [1.807, 2.05) is 13.0 Å². The van der Waals surface area contributed by atoms with E-state index in [1.165, 1.54) is 0 Å². The molecule has 0 saturated carbocycles. The number of aryl methyl sites for hydroxylation is 1. The SMILES string of the molecule is Cc1cc(Cl)ccc1OCc1nnc(CN)o1. The molecule has 90 valence electrons. The van der Waals surface area contributed by atoms with E-state index in [2.05, 4.69) is 10.2 Å². The highest BCUT2D eigenvalue weighted by molar-refractivity contribution is 6.30. The molecule has 1 aromatic heterocycles. The third-order valence-electron chi connectivity index (χ3n) is 2.17. The maximum absolute atomic E-state index is 5.85. The van der Waals surface area contributed by atoms with Crippen LogP contribution in [0.3, 0.4) is 0 Å². The standard InChI is InChI=1S/C11H12ClN3O2/c1-7-4-8(12)2-3-9(7)16-6-11-15-14-10(5-13)17-11/h2-4H,5-6,13H2,1H3. The molecule has 2 N–H and O–H groups in total. The molecule has 0 bridgehead atoms. The molecule has 0 aliphatic heterocycles. The molecule has 17 heavy (non-hydrogen) atoms. The van der Waals surface area contributed by atoms with E-state index in [9.17, 15) is 0 Å². The first-order valence-electron chi connectivity index (χ1n) is 5.09. The number of nitrogens with two attached hydrogens (primary N) is 1. The van der Waals surface area contributed by atoms with E-state index in [4.69, 9.17) is 26.5 Å². The summed E-state index contributed by atoms with van der Waals surface area (Å²) < 4.78 is 10.8. The van der Waals surface area contributed by atoms with Crippen LogP contribution in [-0.2, 0) is 13.2 Å². The van der Waals surface area contributed by atoms with Gasteiger partial charge in [-0.05, 0) is 30.7 Å². The van der Waals surface area contributed by atoms with Crippen LogP contribution < -0.4 is 10.5 Å². The maximum atomic E-state index is 5.85. The van der Waals surface area contributed by atoms with Gasteiger partial charge in [0.1, 0.15) is 5.75 Å². The summed E-state index contributed by atoms with van der Waals surface area (Å²) in [6.07, 6.45) is 0. The number of benzene rings is 1. The van der Waals surface area contributed by atoms with Gasteiger partial charge in [0.05, 0.1) is 6.54 Å². The Hall–Kier alpha value is -1.59. The predicted molar refractivity (Wildman–Crippen MR) is 62.7 cm³/mol. The minimum Gasteiger partial charge on any atom is -0.484 e. The van der Waals surface area contributed by atoms with Gasteiger partial charge in [-0.25, -0.2) is 0 Å². The molecule has 0 aliphatic carbocycles. The van der Waals surface area contributed by atoms with Crippen molar-refractivity contribution in [3.05, 3.63) is 40.6 Å². The molecule has 0 fully saturated rings. The monoisotopic (exact) mass is 253 g/mol. The fourth-order valence-corrected chi connectivity index (χ4v) is 1.57. The molecule has 6 heteroatoms. The van der Waals surface area contributed by atoms with E-state index < -0.39 is 0 Å². The summed E-state index contributed by atoms with van der Waals surface area (Å²) in [5, 5.41) is 8.22. The Morgan fingerprint density at radius 3 is 2.76 bits per heavy atom. The van der Waals surface area contributed by atoms with Gasteiger partial charge < -0.3 is 14.9 Å². The van der Waals surface area contributed by atoms with E-state index in [-0.39, 0.29) is 13.2 Å². The fourth-order valence-electron chi connectivity index (χ4n) is 1.34. The Balaban J connectivity index is 2.02. The van der Waals surface area contributed by atoms with Crippen molar-refractivity contribution in [2.75, 3.05) is 0 Å². The number of hydrogen-bond donors (Lipinski definition) is 1. The van der Waals surface area contributed by atoms with Gasteiger partial charge >= 0.3 is 0 Å². The lowest BCUT2D eigenvalue weighted by molar-refractivity contribution is 0.257. The first kappa shape index (κ1) is 11.9. The normalized spacial score (nSPS) is 10.5. The van der Waals surface area contributed by atoms with Gasteiger partial charge in [0.2, 0.25) is 5.89 Å². The first-order valence-corrected chi connectivity index (χ1v) is 5.47. The molecule has 0 aliphatic rings. The second kappa shape index (κ2) is 5.16. The van der Waals surface area contributed by atoms with Gasteiger partial charge in [-0.3, -0.25) is 0 Å². The Morgan fingerprint density at radius 2 is 2.12 bits per heavy atom. The zero-order valence-corrected chi connectivity index (χ0v) is 10.1. The molecule has 0 unspecified atom stereocenters. The summed E-state index contributed by atoms with van der Waals surface area (Å²) in [7, 11) is 0. The van der Waals surface area contributed by atoms with Crippen LogP contribution in [0.5, 0.6) is 5.75 Å². The van der Waals surface area contributed by atoms with Gasteiger partial charge in [-0.2, -0.15) is 0 Å². The number of nitrogens with zero attached hydrogens (tertiary/aromatic N) is 2. The lowest BCUT2D eigenvalue weighted by Crippen LogP contribution is -1.97. The largest absolute Gasteiger partial charge is 0.484 e. The average molecular weight is 254 g/mol. The van der Waals surface area contributed by atoms with Crippen LogP contribution in [0.2, 0.25) is 5.02 Å². The summed E-state index contributed by atoms with van der Waals surface area (Å²) >= 11 is 5.85. The van der Waals surface area contributed by atoms with E-state index >= 15 is 0 Å². The number of rotatable bonds is 4. The number of ether oxygens (including phenoxy) is 1. The van der Waals surface area contributed by atoms with Crippen LogP contribution in [0, 0.1) is 6.92 Å². The van der Waals surface area contributed by atoms with Crippen molar-refractivity contribution in [1.29, 1.82) is 0 Å². The topological polar surface area (TPSA) is 74.2 Å². The minimum absolute atomic E-state index is 0.218. The molecule has 2 aromatic rings. The quantitative estimate of drug-likeness (QED) is 0.903. The highest BCUT2D eigenvalue weighted by atomic mass is 35.5. The van der Waals surface area contributed by atoms with Crippen molar-refractivity contribution in [3.63, 3.8) is 0 Å². The summed E-state index contributed by atoms with van der Waals surface area (Å²) in [5.41, 5.74) is 6.31. The molecule has 5 nitrogen and oxygen atoms in total. The van der Waals surface area contributed by atoms with Crippen molar-refractivity contribution in [1.82, 2.24) is 10.2 Å². The van der Waals surface area contributed by atoms with Crippen LogP contribution in [0.4, 0.5) is 0 Å². The molecule has 2 rings (SSSR count). The second-order valence-electron chi connectivity index (χ2n) is 3.49. The van der Waals surface area contributed by atoms with Crippen LogP contribution >= 0.6 is 11.6 Å². The molecule has 0 amide bonds. The lowest BCUT2D eigenvalue weighted by atomic mass is 10.2. The van der Waals surface area contributed by atoms with Crippen LogP contribution in [0.1, 0.15) is 17.3 Å². The zero-order chi connectivity index (χ0) is 12.3. The van der Waals surface area contributed by atoms with Crippen LogP contribution in [-0.4, -0.2) is 10.2 Å². The van der Waals surface area contributed by atoms with Crippen LogP contribution in [0.25, 0.3) is 0 Å². The molecule has 1 heterocycles. The van der Waals surface area contributed by atoms with E-state index in [1.54, 1.807) is 12.1 Å². The van der Waals surface area contributed by atoms with Crippen molar-refractivity contribution < 1.29 is 9.15 Å². The molecule has 0 atom stereocenters. The predicted octanol–water partition coefficient (Wildman–Crippen LogP) is 2.07. The minimum atomic E-state index is 0.218. The van der Waals surface area contributed by atoms with Crippen molar-refractivity contribution in [2.24, 2.45) is 5.73 Å². The Kier molecular flexibility index (Phi) is 3.61. The molecule has 0 spiro atoms. The van der Waals surface area contributed by atoms with E-state index in [0.717, 1.165) is 11.3 Å². The third kappa shape index (κ3) is 2.95. The summed E-state index contributed by atoms with van der Waals surface area (Å²) in [6, 6.07) is 5.40. The first-order chi connectivity index (χ1) is 8.19. The van der Waals surface area contributed by atoms with Crippen molar-refractivity contribution in [2.45, 2.75) is 20.1 Å². The van der Waals surface area contributed by atoms with Gasteiger partial charge in [-0.1, -0.05) is 11.6 Å². The molecular formula is C11H12ClN3O2. The summed E-state index contributed by atoms with van der Waals surface area (Å²) in [4.78, 5) is 0. The van der Waals surface area contributed by atoms with Gasteiger partial charge in [0.15, 0.2) is 6.61 Å². The number of halogens is 1. The second-order valence-corrected chi connectivity index (χ2v) is 3.93. The Labute approximate surface area is 104 Å².